The van der Waals surface area contributed by atoms with Gasteiger partial charge in [-0.15, -0.1) is 0 Å². The molecule has 0 atom stereocenters. The van der Waals surface area contributed by atoms with Gasteiger partial charge in [0, 0.05) is 5.69 Å². The van der Waals surface area contributed by atoms with Gasteiger partial charge in [-0.05, 0) is 22.9 Å². The Morgan fingerprint density at radius 2 is 2.00 bits per heavy atom. The van der Waals surface area contributed by atoms with Gasteiger partial charge in [0.2, 0.25) is 0 Å². The van der Waals surface area contributed by atoms with Crippen LogP contribution in [0.5, 0.6) is 0 Å². The van der Waals surface area contributed by atoms with Crippen LogP contribution in [0, 0.1) is 0 Å². The Balaban J connectivity index is 2.76. The normalized spacial score (nSPS) is 10.2. The molecule has 76 valence electrons. The largest absolute Gasteiger partial charge is 0.465 e. The van der Waals surface area contributed by atoms with E-state index < -0.39 is 0 Å². The van der Waals surface area contributed by atoms with E-state index in [4.69, 9.17) is 10.5 Å². The summed E-state index contributed by atoms with van der Waals surface area (Å²) in [6.07, 6.45) is 0. The first-order valence-electron chi connectivity index (χ1n) is 4.59. The maximum Gasteiger partial charge on any atom is 0.338 e. The minimum absolute atomic E-state index is 0.363. The highest BCUT2D eigenvalue weighted by atomic mass is 16.5. The third-order valence-electron chi connectivity index (χ3n) is 2.29. The smallest absolute Gasteiger partial charge is 0.338 e. The van der Waals surface area contributed by atoms with E-state index in [1.54, 1.807) is 6.07 Å². The Labute approximate surface area is 87.5 Å². The minimum atomic E-state index is -0.363. The number of nitrogen functional groups attached to an aromatic ring is 1. The Kier molecular flexibility index (Phi) is 2.29. The van der Waals surface area contributed by atoms with E-state index in [1.165, 1.54) is 7.11 Å². The summed E-state index contributed by atoms with van der Waals surface area (Å²) in [5.41, 5.74) is 6.78. The molecule has 0 saturated carbocycles. The lowest BCUT2D eigenvalue weighted by atomic mass is 10.0. The molecular weight excluding hydrogens is 190 g/mol. The molecule has 0 aliphatic rings. The Bertz CT molecular complexity index is 520. The van der Waals surface area contributed by atoms with Crippen LogP contribution in [0.3, 0.4) is 0 Å². The second-order valence-corrected chi connectivity index (χ2v) is 3.28. The molecule has 0 aliphatic carbocycles. The Hall–Kier alpha value is -2.03. The standard InChI is InChI=1S/C12H11NO2/c1-15-12(14)11-7-9(13)6-8-4-2-3-5-10(8)11/h2-7H,13H2,1H3. The number of anilines is 1. The maximum atomic E-state index is 11.5. The lowest BCUT2D eigenvalue weighted by molar-refractivity contribution is 0.0603. The van der Waals surface area contributed by atoms with Crippen molar-refractivity contribution in [2.24, 2.45) is 0 Å². The zero-order valence-electron chi connectivity index (χ0n) is 8.36. The van der Waals surface area contributed by atoms with E-state index in [2.05, 4.69) is 0 Å². The van der Waals surface area contributed by atoms with Crippen molar-refractivity contribution in [3.05, 3.63) is 42.0 Å². The molecule has 2 rings (SSSR count). The molecule has 0 aromatic heterocycles. The van der Waals surface area contributed by atoms with Crippen LogP contribution >= 0.6 is 0 Å². The fourth-order valence-corrected chi connectivity index (χ4v) is 1.61. The molecule has 0 aliphatic heterocycles. The van der Waals surface area contributed by atoms with Gasteiger partial charge in [0.15, 0.2) is 0 Å². The number of carbonyl (C=O) groups excluding carboxylic acids is 1. The molecule has 0 fully saturated rings. The number of carbonyl (C=O) groups is 1. The monoisotopic (exact) mass is 201 g/mol. The van der Waals surface area contributed by atoms with Crippen molar-refractivity contribution in [1.82, 2.24) is 0 Å². The molecule has 2 N–H and O–H groups in total. The number of fused-ring (bicyclic) bond motifs is 1. The van der Waals surface area contributed by atoms with Gasteiger partial charge < -0.3 is 10.5 Å². The van der Waals surface area contributed by atoms with Crippen molar-refractivity contribution >= 4 is 22.4 Å². The SMILES string of the molecule is COC(=O)c1cc(N)cc2ccccc12. The number of ether oxygens (including phenoxy) is 1. The first kappa shape index (κ1) is 9.52. The number of hydrogen-bond acceptors (Lipinski definition) is 3. The number of hydrogen-bond donors (Lipinski definition) is 1. The van der Waals surface area contributed by atoms with Gasteiger partial charge in [-0.2, -0.15) is 0 Å². The topological polar surface area (TPSA) is 52.3 Å². The zero-order chi connectivity index (χ0) is 10.8. The number of esters is 1. The van der Waals surface area contributed by atoms with Crippen molar-refractivity contribution in [3.63, 3.8) is 0 Å². The molecular formula is C12H11NO2. The van der Waals surface area contributed by atoms with Crippen molar-refractivity contribution in [2.45, 2.75) is 0 Å². The molecule has 0 radical (unpaired) electrons. The molecule has 2 aromatic rings. The highest BCUT2D eigenvalue weighted by Crippen LogP contribution is 2.22. The quantitative estimate of drug-likeness (QED) is 0.568. The fourth-order valence-electron chi connectivity index (χ4n) is 1.61. The van der Waals surface area contributed by atoms with Crippen molar-refractivity contribution in [2.75, 3.05) is 12.8 Å². The first-order valence-corrected chi connectivity index (χ1v) is 4.59. The summed E-state index contributed by atoms with van der Waals surface area (Å²) in [6, 6.07) is 11.0. The zero-order valence-corrected chi connectivity index (χ0v) is 8.36. The summed E-state index contributed by atoms with van der Waals surface area (Å²) in [5.74, 6) is -0.363. The van der Waals surface area contributed by atoms with Gasteiger partial charge in [0.05, 0.1) is 12.7 Å². The molecule has 0 saturated heterocycles. The molecule has 0 spiro atoms. The molecule has 0 heterocycles. The molecule has 0 unspecified atom stereocenters. The summed E-state index contributed by atoms with van der Waals surface area (Å²) in [7, 11) is 1.36. The minimum Gasteiger partial charge on any atom is -0.465 e. The average molecular weight is 201 g/mol. The average Bonchev–Trinajstić information content (AvgIpc) is 2.26. The van der Waals surface area contributed by atoms with E-state index in [1.807, 2.05) is 30.3 Å². The number of benzene rings is 2. The van der Waals surface area contributed by atoms with Gasteiger partial charge in [0.25, 0.3) is 0 Å². The Morgan fingerprint density at radius 3 is 2.73 bits per heavy atom. The highest BCUT2D eigenvalue weighted by Gasteiger charge is 2.10. The molecule has 0 amide bonds. The predicted molar refractivity (Wildman–Crippen MR) is 59.7 cm³/mol. The van der Waals surface area contributed by atoms with Gasteiger partial charge in [0.1, 0.15) is 0 Å². The summed E-state index contributed by atoms with van der Waals surface area (Å²) in [6.45, 7) is 0. The summed E-state index contributed by atoms with van der Waals surface area (Å²) in [5, 5.41) is 1.80. The third kappa shape index (κ3) is 1.64. The molecule has 0 bridgehead atoms. The number of rotatable bonds is 1. The molecule has 2 aromatic carbocycles. The predicted octanol–water partition coefficient (Wildman–Crippen LogP) is 2.21. The van der Waals surface area contributed by atoms with E-state index in [-0.39, 0.29) is 5.97 Å². The van der Waals surface area contributed by atoms with Crippen molar-refractivity contribution < 1.29 is 9.53 Å². The van der Waals surface area contributed by atoms with Gasteiger partial charge in [-0.3, -0.25) is 0 Å². The summed E-state index contributed by atoms with van der Waals surface area (Å²) < 4.78 is 4.70. The molecule has 3 heteroatoms. The maximum absolute atomic E-state index is 11.5. The van der Waals surface area contributed by atoms with Crippen LogP contribution in [0.25, 0.3) is 10.8 Å². The number of nitrogens with two attached hydrogens (primary N) is 1. The lowest BCUT2D eigenvalue weighted by Crippen LogP contribution is -2.03. The van der Waals surface area contributed by atoms with Crippen LogP contribution in [-0.2, 0) is 4.74 Å². The van der Waals surface area contributed by atoms with Crippen LogP contribution < -0.4 is 5.73 Å². The Morgan fingerprint density at radius 1 is 1.27 bits per heavy atom. The van der Waals surface area contributed by atoms with E-state index in [0.29, 0.717) is 11.3 Å². The first-order chi connectivity index (χ1) is 7.22. The van der Waals surface area contributed by atoms with Crippen LogP contribution in [0.4, 0.5) is 5.69 Å². The van der Waals surface area contributed by atoms with Crippen LogP contribution in [0.1, 0.15) is 10.4 Å². The van der Waals surface area contributed by atoms with Crippen molar-refractivity contribution in [3.8, 4) is 0 Å². The third-order valence-corrected chi connectivity index (χ3v) is 2.29. The van der Waals surface area contributed by atoms with E-state index in [9.17, 15) is 4.79 Å². The lowest BCUT2D eigenvalue weighted by Gasteiger charge is -2.05. The van der Waals surface area contributed by atoms with Crippen molar-refractivity contribution in [1.29, 1.82) is 0 Å². The van der Waals surface area contributed by atoms with Gasteiger partial charge in [-0.1, -0.05) is 24.3 Å². The molecule has 3 nitrogen and oxygen atoms in total. The van der Waals surface area contributed by atoms with Gasteiger partial charge >= 0.3 is 5.97 Å². The molecule has 15 heavy (non-hydrogen) atoms. The summed E-state index contributed by atoms with van der Waals surface area (Å²) in [4.78, 5) is 11.5. The van der Waals surface area contributed by atoms with E-state index in [0.717, 1.165) is 10.8 Å². The second kappa shape index (κ2) is 3.61. The van der Waals surface area contributed by atoms with E-state index >= 15 is 0 Å². The number of methoxy groups -OCH3 is 1. The highest BCUT2D eigenvalue weighted by molar-refractivity contribution is 6.05. The van der Waals surface area contributed by atoms with Gasteiger partial charge in [-0.25, -0.2) is 4.79 Å². The van der Waals surface area contributed by atoms with Crippen LogP contribution in [0.2, 0.25) is 0 Å². The van der Waals surface area contributed by atoms with Crippen LogP contribution in [-0.4, -0.2) is 13.1 Å². The van der Waals surface area contributed by atoms with Crippen LogP contribution in [0.15, 0.2) is 36.4 Å². The summed E-state index contributed by atoms with van der Waals surface area (Å²) >= 11 is 0. The fraction of sp³-hybridized carbons (Fsp3) is 0.0833. The second-order valence-electron chi connectivity index (χ2n) is 3.28.